The van der Waals surface area contributed by atoms with Gasteiger partial charge in [0.15, 0.2) is 11.9 Å². The SMILES string of the molecule is Cc1ccc[n+](CC(=O)c2cc(C)n(CCc3ccc(F)cc3)c2C)c1C. The van der Waals surface area contributed by atoms with Gasteiger partial charge in [-0.1, -0.05) is 12.1 Å². The first-order valence-corrected chi connectivity index (χ1v) is 9.27. The van der Waals surface area contributed by atoms with Gasteiger partial charge in [-0.15, -0.1) is 0 Å². The summed E-state index contributed by atoms with van der Waals surface area (Å²) in [7, 11) is 0. The van der Waals surface area contributed by atoms with Crippen LogP contribution in [0.2, 0.25) is 0 Å². The van der Waals surface area contributed by atoms with Gasteiger partial charge >= 0.3 is 0 Å². The van der Waals surface area contributed by atoms with Crippen LogP contribution in [0.15, 0.2) is 48.7 Å². The molecule has 4 heteroatoms. The summed E-state index contributed by atoms with van der Waals surface area (Å²) in [6, 6.07) is 12.6. The Labute approximate surface area is 160 Å². The third kappa shape index (κ3) is 4.16. The summed E-state index contributed by atoms with van der Waals surface area (Å²) in [5.41, 5.74) is 6.21. The van der Waals surface area contributed by atoms with Crippen LogP contribution in [-0.4, -0.2) is 10.4 Å². The van der Waals surface area contributed by atoms with Crippen LogP contribution < -0.4 is 4.57 Å². The maximum Gasteiger partial charge on any atom is 0.229 e. The number of aryl methyl sites for hydroxylation is 3. The van der Waals surface area contributed by atoms with Crippen molar-refractivity contribution < 1.29 is 13.8 Å². The van der Waals surface area contributed by atoms with Crippen LogP contribution in [0.3, 0.4) is 0 Å². The van der Waals surface area contributed by atoms with E-state index in [1.54, 1.807) is 0 Å². The monoisotopic (exact) mass is 365 g/mol. The van der Waals surface area contributed by atoms with E-state index in [0.29, 0.717) is 6.54 Å². The lowest BCUT2D eigenvalue weighted by Crippen LogP contribution is -2.41. The molecule has 3 aromatic rings. The summed E-state index contributed by atoms with van der Waals surface area (Å²) in [5, 5.41) is 0. The van der Waals surface area contributed by atoms with Gasteiger partial charge in [0.05, 0.1) is 0 Å². The summed E-state index contributed by atoms with van der Waals surface area (Å²) in [5.74, 6) is -0.0984. The van der Waals surface area contributed by atoms with E-state index < -0.39 is 0 Å². The predicted molar refractivity (Wildman–Crippen MR) is 104 cm³/mol. The quantitative estimate of drug-likeness (QED) is 0.473. The highest BCUT2D eigenvalue weighted by molar-refractivity contribution is 5.96. The van der Waals surface area contributed by atoms with E-state index in [-0.39, 0.29) is 11.6 Å². The van der Waals surface area contributed by atoms with Crippen molar-refractivity contribution in [2.24, 2.45) is 0 Å². The second-order valence-corrected chi connectivity index (χ2v) is 7.14. The van der Waals surface area contributed by atoms with Crippen molar-refractivity contribution in [3.63, 3.8) is 0 Å². The van der Waals surface area contributed by atoms with Gasteiger partial charge in [0.2, 0.25) is 12.3 Å². The van der Waals surface area contributed by atoms with Crippen LogP contribution >= 0.6 is 0 Å². The smallest absolute Gasteiger partial charge is 0.229 e. The van der Waals surface area contributed by atoms with Crippen molar-refractivity contribution >= 4 is 5.78 Å². The molecule has 0 saturated heterocycles. The Hall–Kier alpha value is -2.75. The van der Waals surface area contributed by atoms with Crippen LogP contribution in [0.1, 0.15) is 38.6 Å². The molecule has 0 saturated carbocycles. The normalized spacial score (nSPS) is 11.0. The fraction of sp³-hybridized carbons (Fsp3) is 0.304. The van der Waals surface area contributed by atoms with Crippen molar-refractivity contribution in [1.29, 1.82) is 0 Å². The molecule has 0 bridgehead atoms. The highest BCUT2D eigenvalue weighted by Gasteiger charge is 2.20. The minimum atomic E-state index is -0.219. The van der Waals surface area contributed by atoms with Crippen molar-refractivity contribution in [3.05, 3.63) is 88.3 Å². The maximum atomic E-state index is 13.1. The summed E-state index contributed by atoms with van der Waals surface area (Å²) in [6.45, 7) is 9.23. The van der Waals surface area contributed by atoms with Gasteiger partial charge in [0, 0.05) is 42.0 Å². The van der Waals surface area contributed by atoms with E-state index in [1.165, 1.54) is 17.7 Å². The van der Waals surface area contributed by atoms with Crippen molar-refractivity contribution in [2.45, 2.75) is 47.2 Å². The predicted octanol–water partition coefficient (Wildman–Crippen LogP) is 4.27. The van der Waals surface area contributed by atoms with E-state index in [2.05, 4.69) is 17.6 Å². The average Bonchev–Trinajstić information content (AvgIpc) is 2.93. The number of Topliss-reactive ketones (excluding diaryl/α,β-unsaturated/α-hetero) is 1. The summed E-state index contributed by atoms with van der Waals surface area (Å²) < 4.78 is 17.2. The number of ketones is 1. The van der Waals surface area contributed by atoms with Gasteiger partial charge in [-0.2, -0.15) is 4.57 Å². The third-order valence-corrected chi connectivity index (χ3v) is 5.34. The van der Waals surface area contributed by atoms with E-state index in [1.807, 2.05) is 55.8 Å². The molecule has 0 fully saturated rings. The first kappa shape index (κ1) is 19.0. The number of aromatic nitrogens is 2. The van der Waals surface area contributed by atoms with Gasteiger partial charge in [-0.05, 0) is 57.0 Å². The molecule has 1 aromatic carbocycles. The zero-order valence-electron chi connectivity index (χ0n) is 16.4. The number of benzene rings is 1. The number of nitrogens with zero attached hydrogens (tertiary/aromatic N) is 2. The summed E-state index contributed by atoms with van der Waals surface area (Å²) in [6.07, 6.45) is 2.75. The lowest BCUT2D eigenvalue weighted by molar-refractivity contribution is -0.689. The Kier molecular flexibility index (Phi) is 5.54. The fourth-order valence-corrected chi connectivity index (χ4v) is 3.48. The highest BCUT2D eigenvalue weighted by Crippen LogP contribution is 2.17. The summed E-state index contributed by atoms with van der Waals surface area (Å²) in [4.78, 5) is 12.9. The van der Waals surface area contributed by atoms with Gasteiger partial charge in [-0.25, -0.2) is 4.39 Å². The molecule has 0 atom stereocenters. The Balaban J connectivity index is 1.77. The van der Waals surface area contributed by atoms with Gasteiger partial charge < -0.3 is 4.57 Å². The van der Waals surface area contributed by atoms with Crippen molar-refractivity contribution in [1.82, 2.24) is 4.57 Å². The van der Waals surface area contributed by atoms with Crippen molar-refractivity contribution in [3.8, 4) is 0 Å². The lowest BCUT2D eigenvalue weighted by atomic mass is 10.1. The first-order chi connectivity index (χ1) is 12.9. The van der Waals surface area contributed by atoms with Gasteiger partial charge in [-0.3, -0.25) is 4.79 Å². The molecule has 0 aliphatic rings. The van der Waals surface area contributed by atoms with Crippen LogP contribution in [0.4, 0.5) is 4.39 Å². The molecule has 0 radical (unpaired) electrons. The fourth-order valence-electron chi connectivity index (χ4n) is 3.48. The molecule has 27 heavy (non-hydrogen) atoms. The molecule has 0 aliphatic heterocycles. The molecule has 2 heterocycles. The number of carbonyl (C=O) groups excluding carboxylic acids is 1. The van der Waals surface area contributed by atoms with E-state index >= 15 is 0 Å². The van der Waals surface area contributed by atoms with Gasteiger partial charge in [0.25, 0.3) is 0 Å². The van der Waals surface area contributed by atoms with Crippen LogP contribution in [-0.2, 0) is 19.5 Å². The third-order valence-electron chi connectivity index (χ3n) is 5.34. The summed E-state index contributed by atoms with van der Waals surface area (Å²) >= 11 is 0. The Morgan fingerprint density at radius 1 is 1.07 bits per heavy atom. The second kappa shape index (κ2) is 7.87. The number of carbonyl (C=O) groups is 1. The highest BCUT2D eigenvalue weighted by atomic mass is 19.1. The molecular weight excluding hydrogens is 339 g/mol. The largest absolute Gasteiger partial charge is 0.348 e. The standard InChI is InChI=1S/C23H26FN2O/c1-16-6-5-12-25(18(16)3)15-23(27)22-14-17(2)26(19(22)4)13-11-20-7-9-21(24)10-8-20/h5-10,12,14H,11,13,15H2,1-4H3/q+1. The van der Waals surface area contributed by atoms with Gasteiger partial charge in [0.1, 0.15) is 5.82 Å². The van der Waals surface area contributed by atoms with E-state index in [9.17, 15) is 9.18 Å². The zero-order valence-corrected chi connectivity index (χ0v) is 16.4. The average molecular weight is 365 g/mol. The Morgan fingerprint density at radius 2 is 1.78 bits per heavy atom. The molecule has 0 spiro atoms. The van der Waals surface area contributed by atoms with Crippen LogP contribution in [0.25, 0.3) is 0 Å². The topological polar surface area (TPSA) is 25.9 Å². The van der Waals surface area contributed by atoms with E-state index in [4.69, 9.17) is 0 Å². The number of pyridine rings is 1. The Bertz CT molecular complexity index is 971. The first-order valence-electron chi connectivity index (χ1n) is 9.27. The van der Waals surface area contributed by atoms with Crippen LogP contribution in [0, 0.1) is 33.5 Å². The number of halogens is 1. The molecule has 0 aliphatic carbocycles. The minimum absolute atomic E-state index is 0.120. The number of hydrogen-bond acceptors (Lipinski definition) is 1. The van der Waals surface area contributed by atoms with E-state index in [0.717, 1.165) is 41.2 Å². The molecule has 140 valence electrons. The van der Waals surface area contributed by atoms with Crippen molar-refractivity contribution in [2.75, 3.05) is 0 Å². The zero-order chi connectivity index (χ0) is 19.6. The second-order valence-electron chi connectivity index (χ2n) is 7.14. The molecule has 0 N–H and O–H groups in total. The molecule has 0 amide bonds. The molecule has 3 rings (SSSR count). The van der Waals surface area contributed by atoms with Crippen LogP contribution in [0.5, 0.6) is 0 Å². The molecule has 2 aromatic heterocycles. The maximum absolute atomic E-state index is 13.1. The number of rotatable bonds is 6. The molecule has 3 nitrogen and oxygen atoms in total. The lowest BCUT2D eigenvalue weighted by Gasteiger charge is -2.10. The minimum Gasteiger partial charge on any atom is -0.348 e. The molecule has 0 unspecified atom stereocenters. The molecular formula is C23H26FN2O+. The number of hydrogen-bond donors (Lipinski definition) is 0. The Morgan fingerprint density at radius 3 is 2.48 bits per heavy atom.